The Hall–Kier alpha value is -2.25. The Balaban J connectivity index is 1.76. The van der Waals surface area contributed by atoms with Crippen molar-refractivity contribution >= 4 is 5.91 Å². The molecule has 0 saturated carbocycles. The first kappa shape index (κ1) is 16.6. The molecule has 1 aliphatic heterocycles. The highest BCUT2D eigenvalue weighted by atomic mass is 16.5. The van der Waals surface area contributed by atoms with E-state index in [1.54, 1.807) is 18.9 Å². The molecule has 0 bridgehead atoms. The Morgan fingerprint density at radius 2 is 2.12 bits per heavy atom. The number of carbonyl (C=O) groups excluding carboxylic acids is 1. The van der Waals surface area contributed by atoms with Crippen molar-refractivity contribution in [2.75, 3.05) is 33.8 Å². The summed E-state index contributed by atoms with van der Waals surface area (Å²) in [6, 6.07) is 10.4. The molecule has 7 nitrogen and oxygen atoms in total. The Morgan fingerprint density at radius 3 is 2.79 bits per heavy atom. The van der Waals surface area contributed by atoms with E-state index in [2.05, 4.69) is 39.5 Å². The lowest BCUT2D eigenvalue weighted by atomic mass is 9.98. The maximum absolute atomic E-state index is 12.6. The number of nitrogens with one attached hydrogen (secondary N) is 1. The molecule has 1 aromatic carbocycles. The minimum Gasteiger partial charge on any atom is -0.373 e. The molecular weight excluding hydrogens is 306 g/mol. The standard InChI is InChI=1S/C17H23N5O2/c1-12-15(19-20-18-12)17(23)22(3)11-14-16(21(2)9-10-24-14)13-7-5-4-6-8-13/h4-8,14,16H,9-11H2,1-3H3,(H,18,19,20)/t14-,16-/m0/s1. The largest absolute Gasteiger partial charge is 0.373 e. The van der Waals surface area contributed by atoms with Gasteiger partial charge in [-0.2, -0.15) is 15.4 Å². The molecule has 0 radical (unpaired) electrons. The molecule has 1 saturated heterocycles. The number of rotatable bonds is 4. The summed E-state index contributed by atoms with van der Waals surface area (Å²) >= 11 is 0. The molecule has 128 valence electrons. The third-order valence-electron chi connectivity index (χ3n) is 4.47. The monoisotopic (exact) mass is 329 g/mol. The van der Waals surface area contributed by atoms with E-state index >= 15 is 0 Å². The van der Waals surface area contributed by atoms with Gasteiger partial charge >= 0.3 is 0 Å². The molecule has 3 rings (SSSR count). The van der Waals surface area contributed by atoms with Crippen LogP contribution in [0, 0.1) is 6.92 Å². The number of ether oxygens (including phenoxy) is 1. The Labute approximate surface area is 141 Å². The van der Waals surface area contributed by atoms with Gasteiger partial charge in [0.25, 0.3) is 5.91 Å². The van der Waals surface area contributed by atoms with E-state index in [-0.39, 0.29) is 18.1 Å². The maximum atomic E-state index is 12.6. The van der Waals surface area contributed by atoms with Crippen LogP contribution in [0.3, 0.4) is 0 Å². The molecule has 1 fully saturated rings. The number of morpholine rings is 1. The molecule has 7 heteroatoms. The topological polar surface area (TPSA) is 74.3 Å². The number of hydrogen-bond donors (Lipinski definition) is 1. The van der Waals surface area contributed by atoms with E-state index < -0.39 is 0 Å². The lowest BCUT2D eigenvalue weighted by molar-refractivity contribution is -0.0708. The summed E-state index contributed by atoms with van der Waals surface area (Å²) in [5.74, 6) is -0.148. The minimum atomic E-state index is -0.148. The molecule has 2 heterocycles. The number of nitrogens with zero attached hydrogens (tertiary/aromatic N) is 4. The van der Waals surface area contributed by atoms with Gasteiger partial charge in [0, 0.05) is 20.1 Å². The van der Waals surface area contributed by atoms with Crippen LogP contribution in [0.4, 0.5) is 0 Å². The van der Waals surface area contributed by atoms with Crippen molar-refractivity contribution in [3.63, 3.8) is 0 Å². The number of carbonyl (C=O) groups is 1. The van der Waals surface area contributed by atoms with E-state index in [0.717, 1.165) is 6.54 Å². The summed E-state index contributed by atoms with van der Waals surface area (Å²) in [5, 5.41) is 10.4. The molecule has 1 aromatic heterocycles. The van der Waals surface area contributed by atoms with E-state index in [4.69, 9.17) is 4.74 Å². The Kier molecular flexibility index (Phi) is 4.92. The fourth-order valence-corrected chi connectivity index (χ4v) is 3.15. The van der Waals surface area contributed by atoms with Crippen LogP contribution in [0.25, 0.3) is 0 Å². The van der Waals surface area contributed by atoms with Gasteiger partial charge in [-0.25, -0.2) is 0 Å². The highest BCUT2D eigenvalue weighted by Crippen LogP contribution is 2.28. The van der Waals surface area contributed by atoms with Crippen molar-refractivity contribution in [2.24, 2.45) is 0 Å². The van der Waals surface area contributed by atoms with Crippen molar-refractivity contribution < 1.29 is 9.53 Å². The zero-order valence-corrected chi connectivity index (χ0v) is 14.3. The summed E-state index contributed by atoms with van der Waals surface area (Å²) in [6.45, 7) is 3.79. The van der Waals surface area contributed by atoms with E-state index in [9.17, 15) is 4.79 Å². The molecule has 1 aliphatic rings. The molecule has 24 heavy (non-hydrogen) atoms. The number of aromatic amines is 1. The zero-order valence-electron chi connectivity index (χ0n) is 14.3. The SMILES string of the molecule is Cc1n[nH]nc1C(=O)N(C)C[C@@H]1OCCN(C)[C@H]1c1ccccc1. The second kappa shape index (κ2) is 7.11. The normalized spacial score (nSPS) is 21.6. The van der Waals surface area contributed by atoms with Gasteiger partial charge in [-0.3, -0.25) is 9.69 Å². The van der Waals surface area contributed by atoms with E-state index in [1.165, 1.54) is 5.56 Å². The van der Waals surface area contributed by atoms with Crippen LogP contribution < -0.4 is 0 Å². The summed E-state index contributed by atoms with van der Waals surface area (Å²) in [7, 11) is 3.87. The fraction of sp³-hybridized carbons (Fsp3) is 0.471. The van der Waals surface area contributed by atoms with Crippen molar-refractivity contribution in [3.8, 4) is 0 Å². The van der Waals surface area contributed by atoms with Crippen LogP contribution in [0.2, 0.25) is 0 Å². The van der Waals surface area contributed by atoms with Crippen LogP contribution in [0.15, 0.2) is 30.3 Å². The lowest BCUT2D eigenvalue weighted by Gasteiger charge is -2.40. The van der Waals surface area contributed by atoms with Gasteiger partial charge in [0.1, 0.15) is 0 Å². The first-order chi connectivity index (χ1) is 11.6. The first-order valence-electron chi connectivity index (χ1n) is 8.07. The summed E-state index contributed by atoms with van der Waals surface area (Å²) in [5.41, 5.74) is 2.16. The number of amides is 1. The molecular formula is C17H23N5O2. The third kappa shape index (κ3) is 3.32. The van der Waals surface area contributed by atoms with Gasteiger partial charge in [0.15, 0.2) is 5.69 Å². The van der Waals surface area contributed by atoms with E-state index in [1.807, 2.05) is 18.2 Å². The highest BCUT2D eigenvalue weighted by molar-refractivity contribution is 5.92. The molecule has 0 spiro atoms. The summed E-state index contributed by atoms with van der Waals surface area (Å²) in [4.78, 5) is 16.5. The minimum absolute atomic E-state index is 0.0905. The highest BCUT2D eigenvalue weighted by Gasteiger charge is 2.33. The lowest BCUT2D eigenvalue weighted by Crippen LogP contribution is -2.48. The number of aryl methyl sites for hydroxylation is 1. The van der Waals surface area contributed by atoms with Gasteiger partial charge < -0.3 is 9.64 Å². The molecule has 0 aliphatic carbocycles. The average Bonchev–Trinajstić information content (AvgIpc) is 3.01. The van der Waals surface area contributed by atoms with Gasteiger partial charge in [0.2, 0.25) is 0 Å². The van der Waals surface area contributed by atoms with Crippen LogP contribution >= 0.6 is 0 Å². The maximum Gasteiger partial charge on any atom is 0.276 e. The van der Waals surface area contributed by atoms with Gasteiger partial charge in [-0.05, 0) is 19.5 Å². The van der Waals surface area contributed by atoms with Gasteiger partial charge in [-0.1, -0.05) is 30.3 Å². The average molecular weight is 329 g/mol. The van der Waals surface area contributed by atoms with Crippen molar-refractivity contribution in [1.29, 1.82) is 0 Å². The smallest absolute Gasteiger partial charge is 0.276 e. The van der Waals surface area contributed by atoms with Crippen molar-refractivity contribution in [2.45, 2.75) is 19.1 Å². The summed E-state index contributed by atoms with van der Waals surface area (Å²) < 4.78 is 6.00. The number of H-pyrrole nitrogens is 1. The summed E-state index contributed by atoms with van der Waals surface area (Å²) in [6.07, 6.45) is -0.0905. The second-order valence-electron chi connectivity index (χ2n) is 6.19. The zero-order chi connectivity index (χ0) is 17.1. The Bertz CT molecular complexity index is 687. The predicted molar refractivity (Wildman–Crippen MR) is 89.6 cm³/mol. The quantitative estimate of drug-likeness (QED) is 0.914. The van der Waals surface area contributed by atoms with Crippen LogP contribution in [0.5, 0.6) is 0 Å². The van der Waals surface area contributed by atoms with E-state index in [0.29, 0.717) is 24.5 Å². The molecule has 0 unspecified atom stereocenters. The third-order valence-corrected chi connectivity index (χ3v) is 4.47. The second-order valence-corrected chi connectivity index (χ2v) is 6.19. The van der Waals surface area contributed by atoms with Crippen LogP contribution in [-0.2, 0) is 4.74 Å². The fourth-order valence-electron chi connectivity index (χ4n) is 3.15. The van der Waals surface area contributed by atoms with Crippen molar-refractivity contribution in [1.82, 2.24) is 25.2 Å². The van der Waals surface area contributed by atoms with Crippen LogP contribution in [0.1, 0.15) is 27.8 Å². The first-order valence-corrected chi connectivity index (χ1v) is 8.07. The van der Waals surface area contributed by atoms with Crippen molar-refractivity contribution in [3.05, 3.63) is 47.3 Å². The van der Waals surface area contributed by atoms with Crippen LogP contribution in [-0.4, -0.2) is 71.0 Å². The molecule has 2 atom stereocenters. The molecule has 2 aromatic rings. The number of hydrogen-bond acceptors (Lipinski definition) is 5. The Morgan fingerprint density at radius 1 is 1.38 bits per heavy atom. The predicted octanol–water partition coefficient (Wildman–Crippen LogP) is 1.26. The number of likely N-dealkylation sites (N-methyl/N-ethyl adjacent to an activating group) is 2. The van der Waals surface area contributed by atoms with Gasteiger partial charge in [-0.15, -0.1) is 0 Å². The van der Waals surface area contributed by atoms with Gasteiger partial charge in [0.05, 0.1) is 24.4 Å². The molecule has 1 N–H and O–H groups in total. The molecule has 1 amide bonds. The number of benzene rings is 1. The number of aromatic nitrogens is 3.